The molecule has 1 saturated heterocycles. The van der Waals surface area contributed by atoms with E-state index in [4.69, 9.17) is 14.2 Å². The summed E-state index contributed by atoms with van der Waals surface area (Å²) in [5, 5.41) is 0. The maximum Gasteiger partial charge on any atom is 0.248 e. The Kier molecular flexibility index (Phi) is 10.6. The highest BCUT2D eigenvalue weighted by Gasteiger charge is 2.25. The van der Waals surface area contributed by atoms with Crippen molar-refractivity contribution in [1.82, 2.24) is 14.1 Å². The number of likely N-dealkylation sites (tertiary alicyclic amines) is 1. The highest BCUT2D eigenvalue weighted by Crippen LogP contribution is 2.27. The minimum Gasteiger partial charge on any atom is -0.497 e. The molecule has 2 aromatic rings. The van der Waals surface area contributed by atoms with Gasteiger partial charge in [0.2, 0.25) is 15.9 Å². The molecule has 0 radical (unpaired) electrons. The van der Waals surface area contributed by atoms with Crippen molar-refractivity contribution >= 4 is 15.9 Å². The fourth-order valence-corrected chi connectivity index (χ4v) is 6.17. The lowest BCUT2D eigenvalue weighted by Gasteiger charge is -2.21. The van der Waals surface area contributed by atoms with Crippen LogP contribution in [0.2, 0.25) is 0 Å². The Morgan fingerprint density at radius 3 is 2.32 bits per heavy atom. The number of sulfonamides is 1. The molecule has 1 atom stereocenters. The molecule has 0 spiro atoms. The van der Waals surface area contributed by atoms with Gasteiger partial charge in [-0.3, -0.25) is 4.79 Å². The van der Waals surface area contributed by atoms with Gasteiger partial charge in [0.25, 0.3) is 0 Å². The van der Waals surface area contributed by atoms with Crippen LogP contribution < -0.4 is 9.47 Å². The van der Waals surface area contributed by atoms with E-state index in [1.807, 2.05) is 24.3 Å². The number of carbonyl (C=O) groups is 1. The first kappa shape index (κ1) is 29.9. The zero-order chi connectivity index (χ0) is 27.9. The molecule has 38 heavy (non-hydrogen) atoms. The van der Waals surface area contributed by atoms with Gasteiger partial charge in [-0.15, -0.1) is 0 Å². The van der Waals surface area contributed by atoms with Crippen molar-refractivity contribution in [2.24, 2.45) is 0 Å². The van der Waals surface area contributed by atoms with Crippen molar-refractivity contribution in [3.63, 3.8) is 0 Å². The summed E-state index contributed by atoms with van der Waals surface area (Å²) in [6.07, 6.45) is 2.38. The van der Waals surface area contributed by atoms with E-state index in [2.05, 4.69) is 11.9 Å². The smallest absolute Gasteiger partial charge is 0.248 e. The Hall–Kier alpha value is -2.66. The van der Waals surface area contributed by atoms with E-state index in [0.717, 1.165) is 24.3 Å². The molecule has 1 heterocycles. The standard InChI is InChI=1S/C28H41N3O6S/c1-21-16-26(35-6)17-22(2)28(21)38(33,34)31(5)14-15-36-20-27(32)30(4)18-23-9-11-25(12-10-23)37-19-24-8-7-13-29(24)3/h9-12,16-17,24H,7-8,13-15,18-20H2,1-6H3. The van der Waals surface area contributed by atoms with Gasteiger partial charge in [-0.1, -0.05) is 12.1 Å². The number of hydrogen-bond acceptors (Lipinski definition) is 7. The van der Waals surface area contributed by atoms with Gasteiger partial charge in [-0.25, -0.2) is 8.42 Å². The maximum absolute atomic E-state index is 13.1. The number of carbonyl (C=O) groups excluding carboxylic acids is 1. The van der Waals surface area contributed by atoms with Crippen LogP contribution in [0.5, 0.6) is 11.5 Å². The van der Waals surface area contributed by atoms with Crippen LogP contribution in [-0.2, 0) is 26.1 Å². The van der Waals surface area contributed by atoms with Crippen LogP contribution in [0.25, 0.3) is 0 Å². The highest BCUT2D eigenvalue weighted by atomic mass is 32.2. The average molecular weight is 548 g/mol. The third-order valence-corrected chi connectivity index (χ3v) is 9.16. The monoisotopic (exact) mass is 547 g/mol. The van der Waals surface area contributed by atoms with E-state index in [9.17, 15) is 13.2 Å². The van der Waals surface area contributed by atoms with Crippen LogP contribution in [0.1, 0.15) is 29.5 Å². The summed E-state index contributed by atoms with van der Waals surface area (Å²) in [4.78, 5) is 16.7. The first-order valence-corrected chi connectivity index (χ1v) is 14.3. The zero-order valence-electron chi connectivity index (χ0n) is 23.4. The second-order valence-electron chi connectivity index (χ2n) is 9.95. The highest BCUT2D eigenvalue weighted by molar-refractivity contribution is 7.89. The number of amides is 1. The first-order valence-electron chi connectivity index (χ1n) is 12.9. The number of likely N-dealkylation sites (N-methyl/N-ethyl adjacent to an activating group) is 3. The van der Waals surface area contributed by atoms with Gasteiger partial charge in [-0.2, -0.15) is 4.31 Å². The summed E-state index contributed by atoms with van der Waals surface area (Å²) >= 11 is 0. The molecule has 2 aromatic carbocycles. The Morgan fingerprint density at radius 1 is 1.08 bits per heavy atom. The van der Waals surface area contributed by atoms with Crippen LogP contribution in [0.4, 0.5) is 0 Å². The minimum absolute atomic E-state index is 0.103. The molecule has 1 fully saturated rings. The van der Waals surface area contributed by atoms with Crippen molar-refractivity contribution in [3.8, 4) is 11.5 Å². The van der Waals surface area contributed by atoms with Crippen LogP contribution >= 0.6 is 0 Å². The summed E-state index contributed by atoms with van der Waals surface area (Å²) in [6, 6.07) is 11.7. The van der Waals surface area contributed by atoms with Gasteiger partial charge in [0, 0.05) is 33.2 Å². The summed E-state index contributed by atoms with van der Waals surface area (Å²) in [7, 11) is 3.20. The average Bonchev–Trinajstić information content (AvgIpc) is 3.29. The van der Waals surface area contributed by atoms with Gasteiger partial charge in [0.15, 0.2) is 0 Å². The molecule has 1 aliphatic rings. The fraction of sp³-hybridized carbons (Fsp3) is 0.536. The molecule has 1 amide bonds. The number of aryl methyl sites for hydroxylation is 2. The molecule has 3 rings (SSSR count). The summed E-state index contributed by atoms with van der Waals surface area (Å²) in [5.41, 5.74) is 2.22. The second kappa shape index (κ2) is 13.4. The molecular weight excluding hydrogens is 506 g/mol. The number of hydrogen-bond donors (Lipinski definition) is 0. The number of rotatable bonds is 13. The quantitative estimate of drug-likeness (QED) is 0.356. The molecule has 9 nitrogen and oxygen atoms in total. The third-order valence-electron chi connectivity index (χ3n) is 7.00. The van der Waals surface area contributed by atoms with Gasteiger partial charge in [0.05, 0.1) is 18.6 Å². The molecule has 1 unspecified atom stereocenters. The van der Waals surface area contributed by atoms with Crippen molar-refractivity contribution in [3.05, 3.63) is 53.1 Å². The molecule has 1 aliphatic heterocycles. The van der Waals surface area contributed by atoms with E-state index in [-0.39, 0.29) is 30.6 Å². The van der Waals surface area contributed by atoms with Crippen LogP contribution in [0.3, 0.4) is 0 Å². The van der Waals surface area contributed by atoms with E-state index in [1.54, 1.807) is 45.0 Å². The van der Waals surface area contributed by atoms with Crippen LogP contribution in [0.15, 0.2) is 41.3 Å². The van der Waals surface area contributed by atoms with E-state index in [1.165, 1.54) is 17.8 Å². The number of nitrogens with zero attached hydrogens (tertiary/aromatic N) is 3. The second-order valence-corrected chi connectivity index (χ2v) is 11.9. The third kappa shape index (κ3) is 7.69. The lowest BCUT2D eigenvalue weighted by molar-refractivity contribution is -0.135. The Bertz CT molecular complexity index is 1160. The zero-order valence-corrected chi connectivity index (χ0v) is 24.2. The molecule has 0 N–H and O–H groups in total. The molecule has 210 valence electrons. The lowest BCUT2D eigenvalue weighted by atomic mass is 10.1. The van der Waals surface area contributed by atoms with Crippen molar-refractivity contribution in [2.45, 2.75) is 44.2 Å². The lowest BCUT2D eigenvalue weighted by Crippen LogP contribution is -2.33. The van der Waals surface area contributed by atoms with Crippen molar-refractivity contribution < 1.29 is 27.4 Å². The van der Waals surface area contributed by atoms with Gasteiger partial charge >= 0.3 is 0 Å². The largest absolute Gasteiger partial charge is 0.497 e. The topological polar surface area (TPSA) is 88.6 Å². The molecule has 0 aliphatic carbocycles. The molecular formula is C28H41N3O6S. The molecule has 0 bridgehead atoms. The summed E-state index contributed by atoms with van der Waals surface area (Å²) in [5.74, 6) is 1.26. The SMILES string of the molecule is COc1cc(C)c(S(=O)(=O)N(C)CCOCC(=O)N(C)Cc2ccc(OCC3CCCN3C)cc2)c(C)c1. The molecule has 10 heteroatoms. The Labute approximate surface area is 227 Å². The summed E-state index contributed by atoms with van der Waals surface area (Å²) < 4.78 is 44.1. The first-order chi connectivity index (χ1) is 18.0. The van der Waals surface area contributed by atoms with E-state index >= 15 is 0 Å². The normalized spacial score (nSPS) is 16.1. The maximum atomic E-state index is 13.1. The van der Waals surface area contributed by atoms with E-state index < -0.39 is 10.0 Å². The van der Waals surface area contributed by atoms with Crippen LogP contribution in [-0.4, -0.2) is 95.6 Å². The fourth-order valence-electron chi connectivity index (χ4n) is 4.61. The predicted octanol–water partition coefficient (Wildman–Crippen LogP) is 3.08. The van der Waals surface area contributed by atoms with Gasteiger partial charge in [0.1, 0.15) is 24.7 Å². The Balaban J connectivity index is 1.42. The summed E-state index contributed by atoms with van der Waals surface area (Å²) in [6.45, 7) is 5.85. The predicted molar refractivity (Wildman–Crippen MR) is 147 cm³/mol. The van der Waals surface area contributed by atoms with Gasteiger partial charge in [-0.05, 0) is 81.2 Å². The Morgan fingerprint density at radius 2 is 1.74 bits per heavy atom. The number of methoxy groups -OCH3 is 1. The van der Waals surface area contributed by atoms with Gasteiger partial charge < -0.3 is 24.0 Å². The molecule has 0 saturated carbocycles. The van der Waals surface area contributed by atoms with Crippen molar-refractivity contribution in [2.75, 3.05) is 61.2 Å². The van der Waals surface area contributed by atoms with Crippen LogP contribution in [0, 0.1) is 13.8 Å². The minimum atomic E-state index is -3.71. The van der Waals surface area contributed by atoms with E-state index in [0.29, 0.717) is 36.1 Å². The van der Waals surface area contributed by atoms with Crippen molar-refractivity contribution in [1.29, 1.82) is 0 Å². The molecule has 0 aromatic heterocycles. The number of benzene rings is 2. The number of ether oxygens (including phenoxy) is 3.